The van der Waals surface area contributed by atoms with E-state index < -0.39 is 40.9 Å². The van der Waals surface area contributed by atoms with Crippen molar-refractivity contribution in [2.24, 2.45) is 5.92 Å². The van der Waals surface area contributed by atoms with Gasteiger partial charge in [0.25, 0.3) is 5.91 Å². The van der Waals surface area contributed by atoms with Crippen molar-refractivity contribution in [3.63, 3.8) is 0 Å². The van der Waals surface area contributed by atoms with Gasteiger partial charge in [-0.1, -0.05) is 0 Å². The molecule has 2 aromatic rings. The third kappa shape index (κ3) is 5.97. The van der Waals surface area contributed by atoms with Crippen LogP contribution in [0, 0.1) is 17.2 Å². The van der Waals surface area contributed by atoms with Gasteiger partial charge in [-0.25, -0.2) is 0 Å². The molecule has 0 radical (unpaired) electrons. The van der Waals surface area contributed by atoms with Crippen molar-refractivity contribution in [1.29, 1.82) is 5.26 Å². The molecule has 2 aliphatic rings. The molecule has 1 unspecified atom stereocenters. The molecule has 2 saturated heterocycles. The maximum absolute atomic E-state index is 13.6. The van der Waals surface area contributed by atoms with E-state index in [1.54, 1.807) is 43.0 Å². The van der Waals surface area contributed by atoms with E-state index in [0.717, 1.165) is 44.5 Å². The summed E-state index contributed by atoms with van der Waals surface area (Å²) < 4.78 is 60.3. The third-order valence-corrected chi connectivity index (χ3v) is 7.90. The van der Waals surface area contributed by atoms with E-state index in [4.69, 9.17) is 10.00 Å². The van der Waals surface area contributed by atoms with E-state index in [9.17, 15) is 22.4 Å². The summed E-state index contributed by atoms with van der Waals surface area (Å²) in [6, 6.07) is 9.96. The number of hydrogen-bond acceptors (Lipinski definition) is 6. The number of anilines is 2. The highest BCUT2D eigenvalue weighted by Crippen LogP contribution is 2.43. The van der Waals surface area contributed by atoms with Crippen molar-refractivity contribution in [1.82, 2.24) is 5.32 Å². The number of aryl methyl sites for hydroxylation is 1. The van der Waals surface area contributed by atoms with Crippen molar-refractivity contribution >= 4 is 29.9 Å². The van der Waals surface area contributed by atoms with Gasteiger partial charge in [0.1, 0.15) is 11.3 Å². The van der Waals surface area contributed by atoms with Crippen LogP contribution in [-0.2, 0) is 17.4 Å². The maximum Gasteiger partial charge on any atom is 0.417 e. The molecule has 11 heteroatoms. The molecular formula is C28H32F4N4O2S. The number of carbonyl (C=O) groups is 1. The second kappa shape index (κ2) is 11.6. The summed E-state index contributed by atoms with van der Waals surface area (Å²) in [7, 11) is 0. The summed E-state index contributed by atoms with van der Waals surface area (Å²) in [5.74, 6) is 0.695. The number of amides is 1. The fourth-order valence-electron chi connectivity index (χ4n) is 5.29. The number of alkyl halides is 4. The van der Waals surface area contributed by atoms with Crippen LogP contribution in [0.15, 0.2) is 36.4 Å². The summed E-state index contributed by atoms with van der Waals surface area (Å²) in [6.07, 6.45) is -1.55. The van der Waals surface area contributed by atoms with Gasteiger partial charge in [-0.3, -0.25) is 14.1 Å². The smallest absolute Gasteiger partial charge is 0.417 e. The largest absolute Gasteiger partial charge is 0.493 e. The average Bonchev–Trinajstić information content (AvgIpc) is 3.08. The summed E-state index contributed by atoms with van der Waals surface area (Å²) in [5, 5.41) is 12.5. The number of nitriles is 1. The summed E-state index contributed by atoms with van der Waals surface area (Å²) in [5.41, 5.74) is -2.60. The van der Waals surface area contributed by atoms with E-state index in [0.29, 0.717) is 29.5 Å². The van der Waals surface area contributed by atoms with Crippen LogP contribution in [0.4, 0.5) is 28.9 Å². The lowest BCUT2D eigenvalue weighted by Gasteiger charge is -2.34. The van der Waals surface area contributed by atoms with Crippen LogP contribution in [0.2, 0.25) is 0 Å². The SMILES string of the molecule is CC1(C)C(=O)N(c2ccc(C#N)c(C(F)(F)F)c2)C(S)N1c1ccc(OCCC2CCNCC2)c(CCF)c1. The van der Waals surface area contributed by atoms with Crippen LogP contribution in [0.3, 0.4) is 0 Å². The van der Waals surface area contributed by atoms with Crippen molar-refractivity contribution in [3.8, 4) is 11.8 Å². The number of benzene rings is 2. The standard InChI is InChI=1S/C28H32F4N4O2S/c1-27(2)25(37)35(21-4-3-20(17-33)23(16-21)28(30,31)32)26(39)36(27)22-5-6-24(19(15-22)7-11-29)38-14-10-18-8-12-34-13-9-18/h3-6,15-16,18,26,34,39H,7-14H2,1-2H3. The zero-order valence-electron chi connectivity index (χ0n) is 21.9. The second-order valence-electron chi connectivity index (χ2n) is 10.4. The summed E-state index contributed by atoms with van der Waals surface area (Å²) >= 11 is 4.64. The van der Waals surface area contributed by atoms with Crippen LogP contribution in [0.1, 0.15) is 49.8 Å². The Kier molecular flexibility index (Phi) is 8.66. The first-order valence-electron chi connectivity index (χ1n) is 12.9. The molecule has 2 fully saturated rings. The number of carbonyl (C=O) groups excluding carboxylic acids is 1. The zero-order chi connectivity index (χ0) is 28.4. The highest BCUT2D eigenvalue weighted by atomic mass is 32.1. The Morgan fingerprint density at radius 2 is 1.85 bits per heavy atom. The molecule has 2 aliphatic heterocycles. The van der Waals surface area contributed by atoms with Gasteiger partial charge in [0.05, 0.1) is 30.5 Å². The van der Waals surface area contributed by atoms with E-state index in [1.807, 2.05) is 0 Å². The molecule has 1 atom stereocenters. The number of thiol groups is 1. The van der Waals surface area contributed by atoms with E-state index in [-0.39, 0.29) is 12.1 Å². The Balaban J connectivity index is 1.61. The summed E-state index contributed by atoms with van der Waals surface area (Å²) in [4.78, 5) is 16.4. The lowest BCUT2D eigenvalue weighted by atomic mass is 9.95. The van der Waals surface area contributed by atoms with Crippen LogP contribution < -0.4 is 19.9 Å². The van der Waals surface area contributed by atoms with Crippen molar-refractivity contribution in [2.45, 2.75) is 56.7 Å². The molecule has 1 amide bonds. The Bertz CT molecular complexity index is 1240. The minimum absolute atomic E-state index is 0.0243. The average molecular weight is 565 g/mol. The molecule has 2 aromatic carbocycles. The summed E-state index contributed by atoms with van der Waals surface area (Å²) in [6.45, 7) is 5.23. The van der Waals surface area contributed by atoms with Gasteiger partial charge in [-0.2, -0.15) is 18.4 Å². The van der Waals surface area contributed by atoms with E-state index in [1.165, 1.54) is 11.0 Å². The zero-order valence-corrected chi connectivity index (χ0v) is 22.8. The number of ether oxygens (including phenoxy) is 1. The van der Waals surface area contributed by atoms with Crippen LogP contribution in [-0.4, -0.2) is 43.3 Å². The van der Waals surface area contributed by atoms with Gasteiger partial charge in [0.2, 0.25) is 0 Å². The van der Waals surface area contributed by atoms with Crippen molar-refractivity contribution in [2.75, 3.05) is 36.2 Å². The Morgan fingerprint density at radius 3 is 2.49 bits per heavy atom. The molecule has 2 heterocycles. The Labute approximate surface area is 231 Å². The van der Waals surface area contributed by atoms with Gasteiger partial charge < -0.3 is 15.0 Å². The number of hydrogen-bond donors (Lipinski definition) is 2. The molecule has 4 rings (SSSR count). The molecule has 0 spiro atoms. The highest BCUT2D eigenvalue weighted by molar-refractivity contribution is 7.81. The second-order valence-corrected chi connectivity index (χ2v) is 10.8. The minimum atomic E-state index is -4.77. The molecule has 0 aliphatic carbocycles. The van der Waals surface area contributed by atoms with Crippen LogP contribution in [0.5, 0.6) is 5.75 Å². The fraction of sp³-hybridized carbons (Fsp3) is 0.500. The van der Waals surface area contributed by atoms with Crippen molar-refractivity contribution in [3.05, 3.63) is 53.1 Å². The number of nitrogens with zero attached hydrogens (tertiary/aromatic N) is 3. The van der Waals surface area contributed by atoms with Gasteiger partial charge in [0.15, 0.2) is 5.50 Å². The molecule has 0 bridgehead atoms. The van der Waals surface area contributed by atoms with Gasteiger partial charge in [0, 0.05) is 17.8 Å². The quantitative estimate of drug-likeness (QED) is 0.318. The van der Waals surface area contributed by atoms with Gasteiger partial charge in [-0.15, -0.1) is 12.6 Å². The Hall–Kier alpha value is -2.97. The lowest BCUT2D eigenvalue weighted by molar-refractivity contribution is -0.137. The molecule has 6 nitrogen and oxygen atoms in total. The lowest BCUT2D eigenvalue weighted by Crippen LogP contribution is -2.45. The maximum atomic E-state index is 13.6. The molecule has 0 saturated carbocycles. The number of halogens is 4. The predicted molar refractivity (Wildman–Crippen MR) is 145 cm³/mol. The first kappa shape index (κ1) is 29.0. The molecule has 210 valence electrons. The highest BCUT2D eigenvalue weighted by Gasteiger charge is 2.51. The fourth-order valence-corrected chi connectivity index (χ4v) is 5.95. The van der Waals surface area contributed by atoms with Crippen molar-refractivity contribution < 1.29 is 27.1 Å². The number of piperidine rings is 1. The van der Waals surface area contributed by atoms with E-state index >= 15 is 0 Å². The van der Waals surface area contributed by atoms with Crippen LogP contribution in [0.25, 0.3) is 0 Å². The predicted octanol–water partition coefficient (Wildman–Crippen LogP) is 5.70. The third-order valence-electron chi connectivity index (χ3n) is 7.44. The first-order chi connectivity index (χ1) is 18.5. The molecule has 0 aromatic heterocycles. The van der Waals surface area contributed by atoms with E-state index in [2.05, 4.69) is 17.9 Å². The molecular weight excluding hydrogens is 532 g/mol. The molecule has 1 N–H and O–H groups in total. The van der Waals surface area contributed by atoms with Crippen LogP contribution >= 0.6 is 12.6 Å². The first-order valence-corrected chi connectivity index (χ1v) is 13.5. The topological polar surface area (TPSA) is 68.6 Å². The van der Waals surface area contributed by atoms with Gasteiger partial charge >= 0.3 is 6.18 Å². The molecule has 39 heavy (non-hydrogen) atoms. The number of rotatable bonds is 8. The van der Waals surface area contributed by atoms with Gasteiger partial charge in [-0.05, 0) is 94.1 Å². The normalized spacial score (nSPS) is 19.8. The monoisotopic (exact) mass is 564 g/mol. The minimum Gasteiger partial charge on any atom is -0.493 e. The Morgan fingerprint density at radius 1 is 1.15 bits per heavy atom. The number of nitrogens with one attached hydrogen (secondary N) is 1.